The standard InChI is InChI=1S/C12H25N/c1-5-8-13-10-12(7-3)9-11(4)6-2/h9,11,13H,5-8,10H2,1-4H3. The molecule has 1 unspecified atom stereocenters. The normalized spacial score (nSPS) is 14.6. The van der Waals surface area contributed by atoms with Gasteiger partial charge in [-0.3, -0.25) is 0 Å². The van der Waals surface area contributed by atoms with Gasteiger partial charge in [-0.15, -0.1) is 0 Å². The molecule has 13 heavy (non-hydrogen) atoms. The van der Waals surface area contributed by atoms with Gasteiger partial charge in [0.15, 0.2) is 0 Å². The van der Waals surface area contributed by atoms with Crippen LogP contribution < -0.4 is 5.32 Å². The summed E-state index contributed by atoms with van der Waals surface area (Å²) in [6.07, 6.45) is 6.07. The lowest BCUT2D eigenvalue weighted by atomic mass is 10.0. The summed E-state index contributed by atoms with van der Waals surface area (Å²) < 4.78 is 0. The van der Waals surface area contributed by atoms with Gasteiger partial charge in [0.2, 0.25) is 0 Å². The molecule has 0 rings (SSSR count). The first-order valence-corrected chi connectivity index (χ1v) is 5.64. The SMILES string of the molecule is CCCNCC(=CC(C)CC)CC. The van der Waals surface area contributed by atoms with Crippen LogP contribution in [0.15, 0.2) is 11.6 Å². The summed E-state index contributed by atoms with van der Waals surface area (Å²) in [5, 5.41) is 3.45. The molecule has 0 saturated carbocycles. The summed E-state index contributed by atoms with van der Waals surface area (Å²) in [7, 11) is 0. The molecule has 0 aromatic heterocycles. The van der Waals surface area contributed by atoms with Crippen molar-refractivity contribution < 1.29 is 0 Å². The van der Waals surface area contributed by atoms with Gasteiger partial charge < -0.3 is 5.32 Å². The second-order valence-electron chi connectivity index (χ2n) is 3.74. The molecule has 0 spiro atoms. The number of allylic oxidation sites excluding steroid dienone is 1. The number of rotatable bonds is 7. The van der Waals surface area contributed by atoms with Gasteiger partial charge >= 0.3 is 0 Å². The van der Waals surface area contributed by atoms with Gasteiger partial charge in [-0.1, -0.05) is 45.8 Å². The van der Waals surface area contributed by atoms with Crippen LogP contribution in [0.1, 0.15) is 47.0 Å². The Morgan fingerprint density at radius 3 is 2.46 bits per heavy atom. The number of nitrogens with one attached hydrogen (secondary N) is 1. The molecule has 78 valence electrons. The molecule has 0 bridgehead atoms. The minimum absolute atomic E-state index is 0.735. The van der Waals surface area contributed by atoms with Crippen molar-refractivity contribution in [2.24, 2.45) is 5.92 Å². The summed E-state index contributed by atoms with van der Waals surface area (Å²) in [4.78, 5) is 0. The highest BCUT2D eigenvalue weighted by molar-refractivity contribution is 5.05. The van der Waals surface area contributed by atoms with E-state index in [4.69, 9.17) is 0 Å². The average Bonchev–Trinajstić information content (AvgIpc) is 2.16. The zero-order valence-electron chi connectivity index (χ0n) is 9.69. The van der Waals surface area contributed by atoms with Crippen molar-refractivity contribution in [1.82, 2.24) is 5.32 Å². The zero-order chi connectivity index (χ0) is 10.1. The molecule has 0 radical (unpaired) electrons. The van der Waals surface area contributed by atoms with E-state index in [2.05, 4.69) is 39.1 Å². The first-order chi connectivity index (χ1) is 6.24. The largest absolute Gasteiger partial charge is 0.313 e. The van der Waals surface area contributed by atoms with Gasteiger partial charge in [0.05, 0.1) is 0 Å². The van der Waals surface area contributed by atoms with Crippen LogP contribution in [0.5, 0.6) is 0 Å². The fourth-order valence-corrected chi connectivity index (χ4v) is 1.25. The van der Waals surface area contributed by atoms with Gasteiger partial charge in [0.25, 0.3) is 0 Å². The Kier molecular flexibility index (Phi) is 8.11. The van der Waals surface area contributed by atoms with Crippen molar-refractivity contribution in [3.8, 4) is 0 Å². The second-order valence-corrected chi connectivity index (χ2v) is 3.74. The fourth-order valence-electron chi connectivity index (χ4n) is 1.25. The van der Waals surface area contributed by atoms with Crippen molar-refractivity contribution in [1.29, 1.82) is 0 Å². The van der Waals surface area contributed by atoms with Gasteiger partial charge in [0, 0.05) is 6.54 Å². The molecule has 0 heterocycles. The van der Waals surface area contributed by atoms with E-state index in [0.29, 0.717) is 0 Å². The molecule has 1 N–H and O–H groups in total. The zero-order valence-corrected chi connectivity index (χ0v) is 9.69. The highest BCUT2D eigenvalue weighted by atomic mass is 14.8. The Hall–Kier alpha value is -0.300. The van der Waals surface area contributed by atoms with E-state index in [-0.39, 0.29) is 0 Å². The lowest BCUT2D eigenvalue weighted by Gasteiger charge is -2.09. The highest BCUT2D eigenvalue weighted by Gasteiger charge is 1.97. The van der Waals surface area contributed by atoms with Crippen LogP contribution >= 0.6 is 0 Å². The first kappa shape index (κ1) is 12.7. The second kappa shape index (κ2) is 8.31. The minimum atomic E-state index is 0.735. The van der Waals surface area contributed by atoms with Crippen molar-refractivity contribution in [3.05, 3.63) is 11.6 Å². The third-order valence-corrected chi connectivity index (χ3v) is 2.40. The smallest absolute Gasteiger partial charge is 0.0164 e. The van der Waals surface area contributed by atoms with E-state index < -0.39 is 0 Å². The summed E-state index contributed by atoms with van der Waals surface area (Å²) in [5.74, 6) is 0.735. The maximum Gasteiger partial charge on any atom is 0.0164 e. The molecule has 0 aliphatic rings. The molecule has 0 amide bonds. The van der Waals surface area contributed by atoms with Gasteiger partial charge in [-0.05, 0) is 25.3 Å². The van der Waals surface area contributed by atoms with E-state index in [9.17, 15) is 0 Å². The van der Waals surface area contributed by atoms with E-state index >= 15 is 0 Å². The lowest BCUT2D eigenvalue weighted by molar-refractivity contribution is 0.664. The van der Waals surface area contributed by atoms with Crippen LogP contribution in [0.4, 0.5) is 0 Å². The van der Waals surface area contributed by atoms with Crippen LogP contribution in [0.25, 0.3) is 0 Å². The van der Waals surface area contributed by atoms with Crippen molar-refractivity contribution in [2.45, 2.75) is 47.0 Å². The minimum Gasteiger partial charge on any atom is -0.313 e. The summed E-state index contributed by atoms with van der Waals surface area (Å²) in [6.45, 7) is 11.2. The van der Waals surface area contributed by atoms with Gasteiger partial charge in [-0.25, -0.2) is 0 Å². The van der Waals surface area contributed by atoms with Gasteiger partial charge in [-0.2, -0.15) is 0 Å². The summed E-state index contributed by atoms with van der Waals surface area (Å²) in [5.41, 5.74) is 1.56. The third kappa shape index (κ3) is 6.83. The Bertz CT molecular complexity index is 138. The van der Waals surface area contributed by atoms with Gasteiger partial charge in [0.1, 0.15) is 0 Å². The van der Waals surface area contributed by atoms with Crippen LogP contribution in [0, 0.1) is 5.92 Å². The lowest BCUT2D eigenvalue weighted by Crippen LogP contribution is -2.18. The van der Waals surface area contributed by atoms with Crippen LogP contribution in [0.2, 0.25) is 0 Å². The maximum absolute atomic E-state index is 3.45. The summed E-state index contributed by atoms with van der Waals surface area (Å²) >= 11 is 0. The maximum atomic E-state index is 3.45. The Labute approximate surface area is 83.6 Å². The molecule has 0 aliphatic heterocycles. The van der Waals surface area contributed by atoms with E-state index in [1.165, 1.54) is 19.3 Å². The molecule has 0 aromatic rings. The Morgan fingerprint density at radius 1 is 1.31 bits per heavy atom. The van der Waals surface area contributed by atoms with Crippen LogP contribution in [-0.2, 0) is 0 Å². The molecular formula is C12H25N. The predicted octanol–water partition coefficient (Wildman–Crippen LogP) is 3.37. The Morgan fingerprint density at radius 2 is 2.00 bits per heavy atom. The van der Waals surface area contributed by atoms with Crippen LogP contribution in [-0.4, -0.2) is 13.1 Å². The third-order valence-electron chi connectivity index (χ3n) is 2.40. The van der Waals surface area contributed by atoms with E-state index in [1.807, 2.05) is 0 Å². The molecule has 1 atom stereocenters. The molecule has 0 saturated heterocycles. The summed E-state index contributed by atoms with van der Waals surface area (Å²) in [6, 6.07) is 0. The van der Waals surface area contributed by atoms with E-state index in [1.54, 1.807) is 5.57 Å². The highest BCUT2D eigenvalue weighted by Crippen LogP contribution is 2.08. The topological polar surface area (TPSA) is 12.0 Å². The number of hydrogen-bond donors (Lipinski definition) is 1. The molecule has 0 aromatic carbocycles. The monoisotopic (exact) mass is 183 g/mol. The van der Waals surface area contributed by atoms with Crippen molar-refractivity contribution in [3.63, 3.8) is 0 Å². The van der Waals surface area contributed by atoms with Crippen molar-refractivity contribution >= 4 is 0 Å². The van der Waals surface area contributed by atoms with E-state index in [0.717, 1.165) is 19.0 Å². The predicted molar refractivity (Wildman–Crippen MR) is 61.0 cm³/mol. The molecule has 0 fully saturated rings. The Balaban J connectivity index is 3.79. The average molecular weight is 183 g/mol. The molecule has 1 nitrogen and oxygen atoms in total. The molecular weight excluding hydrogens is 158 g/mol. The molecule has 1 heteroatoms. The molecule has 0 aliphatic carbocycles. The quantitative estimate of drug-likeness (QED) is 0.471. The first-order valence-electron chi connectivity index (χ1n) is 5.64. The number of hydrogen-bond acceptors (Lipinski definition) is 1. The van der Waals surface area contributed by atoms with Crippen molar-refractivity contribution in [2.75, 3.05) is 13.1 Å². The fraction of sp³-hybridized carbons (Fsp3) is 0.833. The van der Waals surface area contributed by atoms with Crippen LogP contribution in [0.3, 0.4) is 0 Å².